The molecule has 108 valence electrons. The molecule has 0 aromatic heterocycles. The third kappa shape index (κ3) is 3.48. The molecule has 1 heterocycles. The maximum atomic E-state index is 12.2. The van der Waals surface area contributed by atoms with Crippen molar-refractivity contribution in [3.63, 3.8) is 0 Å². The molecule has 0 aliphatic carbocycles. The van der Waals surface area contributed by atoms with E-state index in [4.69, 9.17) is 9.84 Å². The van der Waals surface area contributed by atoms with Crippen LogP contribution in [0.2, 0.25) is 0 Å². The highest BCUT2D eigenvalue weighted by Crippen LogP contribution is 2.15. The van der Waals surface area contributed by atoms with Gasteiger partial charge in [-0.05, 0) is 32.0 Å². The van der Waals surface area contributed by atoms with Crippen molar-refractivity contribution >= 4 is 17.7 Å². The molecule has 2 rings (SSSR count). The Morgan fingerprint density at radius 2 is 1.95 bits per heavy atom. The predicted octanol–water partition coefficient (Wildman–Crippen LogP) is 2.03. The molecule has 1 aromatic rings. The highest BCUT2D eigenvalue weighted by Gasteiger charge is 2.25. The normalized spacial score (nSPS) is 22.4. The van der Waals surface area contributed by atoms with Crippen LogP contribution >= 0.6 is 0 Å². The standard InChI is InChI=1S/C14H18N2O4/c1-9-7-16(8-10(2)20-9)14(19)15-12-5-3-4-11(6-12)13(17)18/h3-6,9-10H,7-8H2,1-2H3,(H,15,19)(H,17,18). The molecule has 1 aliphatic heterocycles. The van der Waals surface area contributed by atoms with Crippen molar-refractivity contribution in [2.24, 2.45) is 0 Å². The van der Waals surface area contributed by atoms with Gasteiger partial charge in [-0.3, -0.25) is 0 Å². The topological polar surface area (TPSA) is 78.9 Å². The number of aromatic carboxylic acids is 1. The van der Waals surface area contributed by atoms with Crippen molar-refractivity contribution in [3.05, 3.63) is 29.8 Å². The second-order valence-electron chi connectivity index (χ2n) is 4.98. The molecule has 0 saturated carbocycles. The van der Waals surface area contributed by atoms with Gasteiger partial charge in [0.25, 0.3) is 0 Å². The van der Waals surface area contributed by atoms with Gasteiger partial charge < -0.3 is 20.1 Å². The number of nitrogens with one attached hydrogen (secondary N) is 1. The number of carboxylic acids is 1. The molecular weight excluding hydrogens is 260 g/mol. The Morgan fingerprint density at radius 1 is 1.30 bits per heavy atom. The highest BCUT2D eigenvalue weighted by atomic mass is 16.5. The van der Waals surface area contributed by atoms with Crippen LogP contribution in [0.15, 0.2) is 24.3 Å². The van der Waals surface area contributed by atoms with Crippen LogP contribution in [0.5, 0.6) is 0 Å². The fourth-order valence-electron chi connectivity index (χ4n) is 2.28. The zero-order valence-corrected chi connectivity index (χ0v) is 11.5. The molecule has 1 fully saturated rings. The van der Waals surface area contributed by atoms with Crippen molar-refractivity contribution in [1.29, 1.82) is 0 Å². The molecule has 2 atom stereocenters. The number of rotatable bonds is 2. The van der Waals surface area contributed by atoms with E-state index in [1.807, 2.05) is 13.8 Å². The van der Waals surface area contributed by atoms with Gasteiger partial charge in [0.2, 0.25) is 0 Å². The number of hydrogen-bond donors (Lipinski definition) is 2. The van der Waals surface area contributed by atoms with Crippen LogP contribution in [0.3, 0.4) is 0 Å². The lowest BCUT2D eigenvalue weighted by molar-refractivity contribution is -0.0530. The highest BCUT2D eigenvalue weighted by molar-refractivity contribution is 5.93. The summed E-state index contributed by atoms with van der Waals surface area (Å²) >= 11 is 0. The first kappa shape index (κ1) is 14.3. The fourth-order valence-corrected chi connectivity index (χ4v) is 2.28. The van der Waals surface area contributed by atoms with Gasteiger partial charge in [-0.1, -0.05) is 6.07 Å². The molecule has 0 bridgehead atoms. The van der Waals surface area contributed by atoms with Gasteiger partial charge in [0.05, 0.1) is 17.8 Å². The summed E-state index contributed by atoms with van der Waals surface area (Å²) in [5.41, 5.74) is 0.619. The van der Waals surface area contributed by atoms with E-state index in [9.17, 15) is 9.59 Å². The van der Waals surface area contributed by atoms with E-state index in [1.54, 1.807) is 17.0 Å². The van der Waals surface area contributed by atoms with Gasteiger partial charge in [-0.2, -0.15) is 0 Å². The first-order valence-corrected chi connectivity index (χ1v) is 6.50. The molecule has 1 aromatic carbocycles. The number of carboxylic acid groups (broad SMARTS) is 1. The summed E-state index contributed by atoms with van der Waals surface area (Å²) in [6.07, 6.45) is -0.00953. The maximum Gasteiger partial charge on any atom is 0.335 e. The summed E-state index contributed by atoms with van der Waals surface area (Å²) in [4.78, 5) is 24.7. The second kappa shape index (κ2) is 5.92. The number of anilines is 1. The van der Waals surface area contributed by atoms with Crippen molar-refractivity contribution in [3.8, 4) is 0 Å². The number of hydrogen-bond acceptors (Lipinski definition) is 3. The lowest BCUT2D eigenvalue weighted by Crippen LogP contribution is -2.49. The van der Waals surface area contributed by atoms with E-state index >= 15 is 0 Å². The Bertz CT molecular complexity index is 508. The minimum absolute atomic E-state index is 0.00476. The smallest absolute Gasteiger partial charge is 0.335 e. The number of carbonyl (C=O) groups excluding carboxylic acids is 1. The third-order valence-electron chi connectivity index (χ3n) is 3.07. The van der Waals surface area contributed by atoms with Crippen LogP contribution in [0.4, 0.5) is 10.5 Å². The van der Waals surface area contributed by atoms with Crippen molar-refractivity contribution in [2.75, 3.05) is 18.4 Å². The summed E-state index contributed by atoms with van der Waals surface area (Å²) in [7, 11) is 0. The Morgan fingerprint density at radius 3 is 2.55 bits per heavy atom. The van der Waals surface area contributed by atoms with Crippen LogP contribution in [0, 0.1) is 0 Å². The zero-order valence-electron chi connectivity index (χ0n) is 11.5. The third-order valence-corrected chi connectivity index (χ3v) is 3.07. The number of benzene rings is 1. The minimum atomic E-state index is -1.02. The van der Waals surface area contributed by atoms with E-state index in [-0.39, 0.29) is 23.8 Å². The molecule has 20 heavy (non-hydrogen) atoms. The predicted molar refractivity (Wildman–Crippen MR) is 74.0 cm³/mol. The Labute approximate surface area is 117 Å². The number of morpholine rings is 1. The first-order chi connectivity index (χ1) is 9.45. The van der Waals surface area contributed by atoms with E-state index in [0.29, 0.717) is 18.8 Å². The SMILES string of the molecule is CC1CN(C(=O)Nc2cccc(C(=O)O)c2)CC(C)O1. The van der Waals surface area contributed by atoms with Gasteiger partial charge in [0, 0.05) is 18.8 Å². The number of urea groups is 1. The van der Waals surface area contributed by atoms with Crippen LogP contribution < -0.4 is 5.32 Å². The van der Waals surface area contributed by atoms with E-state index in [2.05, 4.69) is 5.32 Å². The van der Waals surface area contributed by atoms with Crippen LogP contribution in [0.25, 0.3) is 0 Å². The Hall–Kier alpha value is -2.08. The van der Waals surface area contributed by atoms with Crippen molar-refractivity contribution in [1.82, 2.24) is 4.90 Å². The molecule has 0 radical (unpaired) electrons. The molecule has 1 saturated heterocycles. The van der Waals surface area contributed by atoms with E-state index in [1.165, 1.54) is 12.1 Å². The van der Waals surface area contributed by atoms with Gasteiger partial charge in [0.1, 0.15) is 0 Å². The second-order valence-corrected chi connectivity index (χ2v) is 4.98. The summed E-state index contributed by atoms with van der Waals surface area (Å²) < 4.78 is 5.57. The van der Waals surface area contributed by atoms with Gasteiger partial charge in [-0.15, -0.1) is 0 Å². The zero-order chi connectivity index (χ0) is 14.7. The monoisotopic (exact) mass is 278 g/mol. The Balaban J connectivity index is 2.04. The van der Waals surface area contributed by atoms with Gasteiger partial charge in [-0.25, -0.2) is 9.59 Å². The van der Waals surface area contributed by atoms with Crippen LogP contribution in [0.1, 0.15) is 24.2 Å². The van der Waals surface area contributed by atoms with Gasteiger partial charge in [0.15, 0.2) is 0 Å². The molecule has 1 aliphatic rings. The number of nitrogens with zero attached hydrogens (tertiary/aromatic N) is 1. The molecule has 6 nitrogen and oxygen atoms in total. The summed E-state index contributed by atoms with van der Waals surface area (Å²) in [5, 5.41) is 11.6. The summed E-state index contributed by atoms with van der Waals surface area (Å²) in [6.45, 7) is 4.88. The fraction of sp³-hybridized carbons (Fsp3) is 0.429. The molecule has 2 amide bonds. The summed E-state index contributed by atoms with van der Waals surface area (Å²) in [5.74, 6) is -1.02. The maximum absolute atomic E-state index is 12.2. The van der Waals surface area contributed by atoms with E-state index in [0.717, 1.165) is 0 Å². The quantitative estimate of drug-likeness (QED) is 0.867. The van der Waals surface area contributed by atoms with Crippen molar-refractivity contribution < 1.29 is 19.4 Å². The molecule has 2 N–H and O–H groups in total. The molecule has 6 heteroatoms. The Kier molecular flexibility index (Phi) is 4.24. The molecular formula is C14H18N2O4. The summed E-state index contributed by atoms with van der Waals surface area (Å²) in [6, 6.07) is 5.95. The lowest BCUT2D eigenvalue weighted by Gasteiger charge is -2.35. The number of amides is 2. The van der Waals surface area contributed by atoms with Crippen molar-refractivity contribution in [2.45, 2.75) is 26.1 Å². The van der Waals surface area contributed by atoms with E-state index < -0.39 is 5.97 Å². The van der Waals surface area contributed by atoms with Crippen LogP contribution in [-0.4, -0.2) is 47.3 Å². The number of carbonyl (C=O) groups is 2. The minimum Gasteiger partial charge on any atom is -0.478 e. The van der Waals surface area contributed by atoms with Crippen LogP contribution in [-0.2, 0) is 4.74 Å². The lowest BCUT2D eigenvalue weighted by atomic mass is 10.2. The number of ether oxygens (including phenoxy) is 1. The first-order valence-electron chi connectivity index (χ1n) is 6.50. The average molecular weight is 278 g/mol. The van der Waals surface area contributed by atoms with Gasteiger partial charge >= 0.3 is 12.0 Å². The molecule has 2 unspecified atom stereocenters. The average Bonchev–Trinajstić information content (AvgIpc) is 2.37. The largest absolute Gasteiger partial charge is 0.478 e. The molecule has 0 spiro atoms.